The second kappa shape index (κ2) is 2.65. The molecule has 0 aliphatic carbocycles. The molecule has 1 aromatic rings. The summed E-state index contributed by atoms with van der Waals surface area (Å²) < 4.78 is 0. The van der Waals surface area contributed by atoms with Crippen LogP contribution in [0.25, 0.3) is 0 Å². The maximum Gasteiger partial charge on any atom is 0.264 e. The van der Waals surface area contributed by atoms with Crippen molar-refractivity contribution in [1.82, 2.24) is 25.1 Å². The highest BCUT2D eigenvalue weighted by atomic mass is 35.5. The van der Waals surface area contributed by atoms with E-state index in [1.54, 1.807) is 4.80 Å². The number of piperidine rings is 1. The molecule has 3 rings (SSSR count). The van der Waals surface area contributed by atoms with E-state index in [0.29, 0.717) is 12.0 Å². The summed E-state index contributed by atoms with van der Waals surface area (Å²) in [5.74, 6) is 0.699. The minimum Gasteiger partial charge on any atom is -0.301 e. The standard InChI is InChI=1S/C7H10ClN5/c8-7-9-11-13(10-7)6-4-12-2-1-5(6)3-12/h5-6H,1-4H2/t5-,6-/m0/s1. The van der Waals surface area contributed by atoms with Gasteiger partial charge >= 0.3 is 0 Å². The lowest BCUT2D eigenvalue weighted by molar-refractivity contribution is 0.263. The van der Waals surface area contributed by atoms with Gasteiger partial charge in [-0.15, -0.1) is 5.10 Å². The van der Waals surface area contributed by atoms with E-state index in [9.17, 15) is 0 Å². The number of rotatable bonds is 1. The fourth-order valence-corrected chi connectivity index (χ4v) is 2.48. The van der Waals surface area contributed by atoms with Crippen LogP contribution in [0.15, 0.2) is 0 Å². The minimum atomic E-state index is 0.248. The van der Waals surface area contributed by atoms with Crippen molar-refractivity contribution < 1.29 is 0 Å². The first-order valence-corrected chi connectivity index (χ1v) is 4.88. The molecular formula is C7H10ClN5. The monoisotopic (exact) mass is 199 g/mol. The van der Waals surface area contributed by atoms with Crippen molar-refractivity contribution in [2.45, 2.75) is 12.5 Å². The van der Waals surface area contributed by atoms with E-state index in [1.807, 2.05) is 0 Å². The van der Waals surface area contributed by atoms with Gasteiger partial charge < -0.3 is 4.90 Å². The first kappa shape index (κ1) is 7.70. The van der Waals surface area contributed by atoms with Crippen molar-refractivity contribution in [1.29, 1.82) is 0 Å². The number of tetrazole rings is 1. The number of nitrogens with zero attached hydrogens (tertiary/aromatic N) is 5. The Kier molecular flexibility index (Phi) is 1.57. The summed E-state index contributed by atoms with van der Waals surface area (Å²) in [7, 11) is 0. The molecule has 0 saturated carbocycles. The van der Waals surface area contributed by atoms with Crippen LogP contribution in [-0.4, -0.2) is 44.7 Å². The van der Waals surface area contributed by atoms with Crippen molar-refractivity contribution >= 4 is 11.6 Å². The summed E-state index contributed by atoms with van der Waals surface area (Å²) in [6, 6.07) is 0.397. The molecule has 0 N–H and O–H groups in total. The lowest BCUT2D eigenvalue weighted by Gasteiger charge is -2.20. The molecule has 3 atom stereocenters. The van der Waals surface area contributed by atoms with Crippen molar-refractivity contribution in [2.75, 3.05) is 19.6 Å². The number of hydrogen-bond acceptors (Lipinski definition) is 4. The predicted molar refractivity (Wildman–Crippen MR) is 46.4 cm³/mol. The van der Waals surface area contributed by atoms with Crippen LogP contribution < -0.4 is 0 Å². The van der Waals surface area contributed by atoms with Crippen LogP contribution in [0, 0.1) is 5.92 Å². The zero-order valence-electron chi connectivity index (χ0n) is 7.10. The average Bonchev–Trinajstić information content (AvgIpc) is 2.77. The van der Waals surface area contributed by atoms with E-state index in [2.05, 4.69) is 20.3 Å². The Balaban J connectivity index is 1.87. The molecule has 3 heterocycles. The molecule has 70 valence electrons. The normalized spacial score (nSPS) is 37.2. The fraction of sp³-hybridized carbons (Fsp3) is 0.857. The largest absolute Gasteiger partial charge is 0.301 e. The summed E-state index contributed by atoms with van der Waals surface area (Å²) in [5.41, 5.74) is 0. The third-order valence-electron chi connectivity index (χ3n) is 3.00. The molecule has 13 heavy (non-hydrogen) atoms. The van der Waals surface area contributed by atoms with Crippen LogP contribution in [0.3, 0.4) is 0 Å². The molecule has 1 unspecified atom stereocenters. The number of fused-ring (bicyclic) bond motifs is 2. The first-order chi connectivity index (χ1) is 6.33. The van der Waals surface area contributed by atoms with Gasteiger partial charge in [-0.3, -0.25) is 0 Å². The van der Waals surface area contributed by atoms with E-state index in [4.69, 9.17) is 11.6 Å². The maximum absolute atomic E-state index is 5.62. The van der Waals surface area contributed by atoms with E-state index in [0.717, 1.165) is 6.54 Å². The highest BCUT2D eigenvalue weighted by Gasteiger charge is 2.40. The van der Waals surface area contributed by atoms with Crippen molar-refractivity contribution in [3.63, 3.8) is 0 Å². The molecule has 2 aliphatic heterocycles. The van der Waals surface area contributed by atoms with Crippen LogP contribution in [0.2, 0.25) is 5.28 Å². The molecule has 2 fully saturated rings. The smallest absolute Gasteiger partial charge is 0.264 e. The minimum absolute atomic E-state index is 0.248. The lowest BCUT2D eigenvalue weighted by atomic mass is 10.0. The molecule has 1 aromatic heterocycles. The summed E-state index contributed by atoms with van der Waals surface area (Å²) >= 11 is 5.62. The second-order valence-corrected chi connectivity index (χ2v) is 4.09. The predicted octanol–water partition coefficient (Wildman–Crippen LogP) is 0.203. The molecule has 6 heteroatoms. The average molecular weight is 200 g/mol. The molecule has 5 nitrogen and oxygen atoms in total. The van der Waals surface area contributed by atoms with Crippen LogP contribution in [-0.2, 0) is 0 Å². The summed E-state index contributed by atoms with van der Waals surface area (Å²) in [6.45, 7) is 3.46. The fourth-order valence-electron chi connectivity index (χ4n) is 2.37. The molecule has 0 spiro atoms. The second-order valence-electron chi connectivity index (χ2n) is 3.75. The van der Waals surface area contributed by atoms with Crippen molar-refractivity contribution in [3.05, 3.63) is 5.28 Å². The van der Waals surface area contributed by atoms with Gasteiger partial charge in [-0.1, -0.05) is 5.10 Å². The zero-order valence-corrected chi connectivity index (χ0v) is 7.85. The van der Waals surface area contributed by atoms with Crippen LogP contribution in [0.5, 0.6) is 0 Å². The van der Waals surface area contributed by atoms with E-state index in [-0.39, 0.29) is 5.28 Å². The Bertz CT molecular complexity index is 324. The summed E-state index contributed by atoms with van der Waals surface area (Å²) in [5, 5.41) is 11.9. The Hall–Kier alpha value is -0.680. The molecule has 0 amide bonds. The SMILES string of the molecule is Clc1nnn([C@H]2CN3CC[C@H]2C3)n1. The molecule has 0 aromatic carbocycles. The quantitative estimate of drug-likeness (QED) is 0.649. The topological polar surface area (TPSA) is 46.8 Å². The van der Waals surface area contributed by atoms with Gasteiger partial charge in [0.05, 0.1) is 6.04 Å². The van der Waals surface area contributed by atoms with Gasteiger partial charge in [-0.05, 0) is 35.7 Å². The van der Waals surface area contributed by atoms with Crippen molar-refractivity contribution in [2.24, 2.45) is 5.92 Å². The van der Waals surface area contributed by atoms with E-state index >= 15 is 0 Å². The van der Waals surface area contributed by atoms with Crippen molar-refractivity contribution in [3.8, 4) is 0 Å². The first-order valence-electron chi connectivity index (χ1n) is 4.50. The maximum atomic E-state index is 5.62. The number of aromatic nitrogens is 4. The number of halogens is 1. The zero-order chi connectivity index (χ0) is 8.84. The molecule has 2 bridgehead atoms. The van der Waals surface area contributed by atoms with Gasteiger partial charge in [-0.25, -0.2) is 0 Å². The summed E-state index contributed by atoms with van der Waals surface area (Å²) in [6.07, 6.45) is 1.25. The number of hydrogen-bond donors (Lipinski definition) is 0. The van der Waals surface area contributed by atoms with Gasteiger partial charge in [0.25, 0.3) is 5.28 Å². The molecule has 0 radical (unpaired) electrons. The molecular weight excluding hydrogens is 190 g/mol. The summed E-state index contributed by atoms with van der Waals surface area (Å²) in [4.78, 5) is 4.11. The Morgan fingerprint density at radius 2 is 2.31 bits per heavy atom. The van der Waals surface area contributed by atoms with Gasteiger partial charge in [-0.2, -0.15) is 4.80 Å². The van der Waals surface area contributed by atoms with Crippen LogP contribution >= 0.6 is 11.6 Å². The van der Waals surface area contributed by atoms with E-state index < -0.39 is 0 Å². The Morgan fingerprint density at radius 3 is 2.85 bits per heavy atom. The third kappa shape index (κ3) is 1.14. The molecule has 2 aliphatic rings. The highest BCUT2D eigenvalue weighted by Crippen LogP contribution is 2.35. The van der Waals surface area contributed by atoms with Gasteiger partial charge in [0.15, 0.2) is 0 Å². The Morgan fingerprint density at radius 1 is 1.38 bits per heavy atom. The van der Waals surface area contributed by atoms with Gasteiger partial charge in [0, 0.05) is 13.1 Å². The van der Waals surface area contributed by atoms with Crippen LogP contribution in [0.4, 0.5) is 0 Å². The Labute approximate surface area is 80.7 Å². The lowest BCUT2D eigenvalue weighted by Crippen LogP contribution is -2.27. The van der Waals surface area contributed by atoms with Gasteiger partial charge in [0.1, 0.15) is 0 Å². The third-order valence-corrected chi connectivity index (χ3v) is 3.15. The molecule has 2 saturated heterocycles. The van der Waals surface area contributed by atoms with Crippen LogP contribution in [0.1, 0.15) is 12.5 Å². The van der Waals surface area contributed by atoms with Gasteiger partial charge in [0.2, 0.25) is 0 Å². The van der Waals surface area contributed by atoms with E-state index in [1.165, 1.54) is 19.5 Å². The highest BCUT2D eigenvalue weighted by molar-refractivity contribution is 6.28.